The summed E-state index contributed by atoms with van der Waals surface area (Å²) in [5, 5.41) is 0. The second kappa shape index (κ2) is 6.13. The van der Waals surface area contributed by atoms with E-state index in [2.05, 4.69) is 90.2 Å². The van der Waals surface area contributed by atoms with Crippen LogP contribution in [0.25, 0.3) is 11.1 Å². The van der Waals surface area contributed by atoms with Crippen molar-refractivity contribution in [3.05, 3.63) is 71.8 Å². The fraction of sp³-hybridized carbons (Fsp3) is 0.263. The van der Waals surface area contributed by atoms with Gasteiger partial charge in [0.2, 0.25) is 0 Å². The molecule has 1 heteroatoms. The molecule has 0 spiro atoms. The second-order valence-electron chi connectivity index (χ2n) is 5.53. The highest BCUT2D eigenvalue weighted by molar-refractivity contribution is 14.1. The number of alkyl halides is 1. The lowest BCUT2D eigenvalue weighted by Gasteiger charge is -2.16. The van der Waals surface area contributed by atoms with Crippen LogP contribution >= 0.6 is 22.6 Å². The quantitative estimate of drug-likeness (QED) is 0.478. The number of halogens is 1. The van der Waals surface area contributed by atoms with Gasteiger partial charge < -0.3 is 0 Å². The molecule has 0 amide bonds. The molecule has 0 saturated carbocycles. The van der Waals surface area contributed by atoms with Crippen molar-refractivity contribution in [1.29, 1.82) is 0 Å². The standard InChI is InChI=1S/C19H19I/c1-14-17(13-20)12-18(15-8-4-2-5-9-15)19(14)16-10-6-3-7-11-16/h2-11,14,17H,12-13H2,1H3/t14-,17+/m1/s1. The van der Waals surface area contributed by atoms with E-state index < -0.39 is 0 Å². The van der Waals surface area contributed by atoms with Gasteiger partial charge in [0.25, 0.3) is 0 Å². The average Bonchev–Trinajstić information content (AvgIpc) is 2.86. The lowest BCUT2D eigenvalue weighted by Crippen LogP contribution is -2.08. The Balaban J connectivity index is 2.12. The van der Waals surface area contributed by atoms with Crippen LogP contribution in [0.4, 0.5) is 0 Å². The Morgan fingerprint density at radius 3 is 2.00 bits per heavy atom. The van der Waals surface area contributed by atoms with Gasteiger partial charge in [0.1, 0.15) is 0 Å². The van der Waals surface area contributed by atoms with Gasteiger partial charge in [0, 0.05) is 4.43 Å². The molecule has 0 fully saturated rings. The lowest BCUT2D eigenvalue weighted by molar-refractivity contribution is 0.525. The van der Waals surface area contributed by atoms with Crippen molar-refractivity contribution in [3.63, 3.8) is 0 Å². The van der Waals surface area contributed by atoms with Gasteiger partial charge in [0.15, 0.2) is 0 Å². The Labute approximate surface area is 135 Å². The van der Waals surface area contributed by atoms with Gasteiger partial charge in [-0.3, -0.25) is 0 Å². The Kier molecular flexibility index (Phi) is 4.25. The van der Waals surface area contributed by atoms with E-state index in [1.165, 1.54) is 22.0 Å². The van der Waals surface area contributed by atoms with E-state index in [9.17, 15) is 0 Å². The van der Waals surface area contributed by atoms with E-state index in [-0.39, 0.29) is 0 Å². The summed E-state index contributed by atoms with van der Waals surface area (Å²) in [5.41, 5.74) is 5.89. The van der Waals surface area contributed by atoms with Crippen molar-refractivity contribution in [1.82, 2.24) is 0 Å². The smallest absolute Gasteiger partial charge is 0.00326 e. The Hall–Kier alpha value is -1.09. The molecular formula is C19H19I. The van der Waals surface area contributed by atoms with Crippen molar-refractivity contribution >= 4 is 33.7 Å². The van der Waals surface area contributed by atoms with Crippen LogP contribution in [-0.2, 0) is 0 Å². The van der Waals surface area contributed by atoms with Gasteiger partial charge in [-0.2, -0.15) is 0 Å². The van der Waals surface area contributed by atoms with Crippen molar-refractivity contribution in [2.75, 3.05) is 4.43 Å². The van der Waals surface area contributed by atoms with Gasteiger partial charge in [-0.15, -0.1) is 0 Å². The summed E-state index contributed by atoms with van der Waals surface area (Å²) in [7, 11) is 0. The molecule has 0 nitrogen and oxygen atoms in total. The second-order valence-corrected chi connectivity index (χ2v) is 6.41. The van der Waals surface area contributed by atoms with Gasteiger partial charge in [-0.25, -0.2) is 0 Å². The summed E-state index contributed by atoms with van der Waals surface area (Å²) in [6.07, 6.45) is 1.21. The molecule has 0 radical (unpaired) electrons. The fourth-order valence-corrected chi connectivity index (χ4v) is 4.29. The molecular weight excluding hydrogens is 355 g/mol. The van der Waals surface area contributed by atoms with E-state index in [1.54, 1.807) is 11.1 Å². The van der Waals surface area contributed by atoms with E-state index >= 15 is 0 Å². The summed E-state index contributed by atoms with van der Waals surface area (Å²) in [6.45, 7) is 2.39. The Bertz CT molecular complexity index is 598. The van der Waals surface area contributed by atoms with Gasteiger partial charge in [-0.05, 0) is 40.5 Å². The summed E-state index contributed by atoms with van der Waals surface area (Å²) in [4.78, 5) is 0. The minimum Gasteiger partial charge on any atom is -0.0860 e. The highest BCUT2D eigenvalue weighted by Crippen LogP contribution is 2.47. The van der Waals surface area contributed by atoms with Crippen molar-refractivity contribution in [3.8, 4) is 0 Å². The molecule has 0 bridgehead atoms. The van der Waals surface area contributed by atoms with Gasteiger partial charge in [0.05, 0.1) is 0 Å². The zero-order chi connectivity index (χ0) is 13.9. The van der Waals surface area contributed by atoms with E-state index in [1.807, 2.05) is 0 Å². The number of hydrogen-bond acceptors (Lipinski definition) is 0. The fourth-order valence-electron chi connectivity index (χ4n) is 3.22. The maximum absolute atomic E-state index is 2.54. The minimum atomic E-state index is 0.643. The summed E-state index contributed by atoms with van der Waals surface area (Å²) < 4.78 is 1.23. The molecule has 1 aliphatic carbocycles. The maximum Gasteiger partial charge on any atom is 0.00326 e. The third-order valence-electron chi connectivity index (χ3n) is 4.36. The van der Waals surface area contributed by atoms with E-state index in [0.717, 1.165) is 5.92 Å². The monoisotopic (exact) mass is 374 g/mol. The SMILES string of the molecule is C[C@H]1C(c2ccccc2)=C(c2ccccc2)C[C@H]1CI. The molecule has 102 valence electrons. The normalized spacial score (nSPS) is 22.3. The molecule has 0 saturated heterocycles. The topological polar surface area (TPSA) is 0 Å². The first-order valence-electron chi connectivity index (χ1n) is 7.21. The predicted molar refractivity (Wildman–Crippen MR) is 95.9 cm³/mol. The maximum atomic E-state index is 2.54. The first-order chi connectivity index (χ1) is 9.81. The zero-order valence-electron chi connectivity index (χ0n) is 11.7. The number of benzene rings is 2. The molecule has 1 aliphatic rings. The average molecular weight is 374 g/mol. The zero-order valence-corrected chi connectivity index (χ0v) is 13.9. The van der Waals surface area contributed by atoms with Crippen molar-refractivity contribution < 1.29 is 0 Å². The van der Waals surface area contributed by atoms with Crippen molar-refractivity contribution in [2.45, 2.75) is 13.3 Å². The molecule has 3 rings (SSSR count). The van der Waals surface area contributed by atoms with Gasteiger partial charge >= 0.3 is 0 Å². The van der Waals surface area contributed by atoms with Crippen LogP contribution in [0.5, 0.6) is 0 Å². The van der Waals surface area contributed by atoms with Crippen LogP contribution in [0.3, 0.4) is 0 Å². The third-order valence-corrected chi connectivity index (χ3v) is 5.49. The van der Waals surface area contributed by atoms with Crippen LogP contribution in [0, 0.1) is 11.8 Å². The van der Waals surface area contributed by atoms with Crippen molar-refractivity contribution in [2.24, 2.45) is 11.8 Å². The van der Waals surface area contributed by atoms with Crippen LogP contribution in [0.15, 0.2) is 60.7 Å². The molecule has 2 aromatic rings. The summed E-state index contributed by atoms with van der Waals surface area (Å²) >= 11 is 2.54. The molecule has 0 unspecified atom stereocenters. The summed E-state index contributed by atoms with van der Waals surface area (Å²) in [5.74, 6) is 1.41. The first-order valence-corrected chi connectivity index (χ1v) is 8.73. The highest BCUT2D eigenvalue weighted by Gasteiger charge is 2.31. The molecule has 20 heavy (non-hydrogen) atoms. The largest absolute Gasteiger partial charge is 0.0860 e. The van der Waals surface area contributed by atoms with Crippen LogP contribution in [-0.4, -0.2) is 4.43 Å². The number of hydrogen-bond donors (Lipinski definition) is 0. The summed E-state index contributed by atoms with van der Waals surface area (Å²) in [6, 6.07) is 21.8. The van der Waals surface area contributed by atoms with Crippen LogP contribution in [0.1, 0.15) is 24.5 Å². The highest BCUT2D eigenvalue weighted by atomic mass is 127. The number of allylic oxidation sites excluding steroid dienone is 2. The van der Waals surface area contributed by atoms with E-state index in [0.29, 0.717) is 5.92 Å². The van der Waals surface area contributed by atoms with E-state index in [4.69, 9.17) is 0 Å². The lowest BCUT2D eigenvalue weighted by atomic mass is 9.90. The Morgan fingerprint density at radius 2 is 1.45 bits per heavy atom. The first kappa shape index (κ1) is 13.9. The molecule has 0 heterocycles. The molecule has 0 aromatic heterocycles. The molecule has 2 atom stereocenters. The molecule has 0 aliphatic heterocycles. The molecule has 2 aromatic carbocycles. The predicted octanol–water partition coefficient (Wildman–Crippen LogP) is 5.69. The molecule has 0 N–H and O–H groups in total. The number of rotatable bonds is 3. The Morgan fingerprint density at radius 1 is 0.900 bits per heavy atom. The van der Waals surface area contributed by atoms with Crippen LogP contribution < -0.4 is 0 Å². The third kappa shape index (κ3) is 2.56. The minimum absolute atomic E-state index is 0.643. The van der Waals surface area contributed by atoms with Gasteiger partial charge in [-0.1, -0.05) is 90.2 Å². The van der Waals surface area contributed by atoms with Crippen LogP contribution in [0.2, 0.25) is 0 Å².